The van der Waals surface area contributed by atoms with Crippen LogP contribution in [0.4, 0.5) is 0 Å². The van der Waals surface area contributed by atoms with E-state index in [1.54, 1.807) is 7.05 Å². The summed E-state index contributed by atoms with van der Waals surface area (Å²) in [6.45, 7) is 7.00. The van der Waals surface area contributed by atoms with Crippen LogP contribution in [0.15, 0.2) is 91.0 Å². The summed E-state index contributed by atoms with van der Waals surface area (Å²) in [7, 11) is 4.35. The van der Waals surface area contributed by atoms with Gasteiger partial charge in [0.1, 0.15) is 24.2 Å². The summed E-state index contributed by atoms with van der Waals surface area (Å²) in [5.74, 6) is -3.08. The first-order valence-electron chi connectivity index (χ1n) is 16.7. The van der Waals surface area contributed by atoms with Gasteiger partial charge in [0.25, 0.3) is 0 Å². The zero-order valence-corrected chi connectivity index (χ0v) is 29.6. The molecule has 3 rings (SSSR count). The number of hydrogen-bond donors (Lipinski definition) is 2. The van der Waals surface area contributed by atoms with E-state index in [9.17, 15) is 24.0 Å². The van der Waals surface area contributed by atoms with E-state index >= 15 is 0 Å². The van der Waals surface area contributed by atoms with Gasteiger partial charge in [-0.25, -0.2) is 4.79 Å². The van der Waals surface area contributed by atoms with Gasteiger partial charge in [-0.15, -0.1) is 0 Å². The van der Waals surface area contributed by atoms with Gasteiger partial charge in [0.2, 0.25) is 23.6 Å². The van der Waals surface area contributed by atoms with Crippen LogP contribution >= 0.6 is 0 Å². The number of nitrogens with zero attached hydrogens (tertiary/aromatic N) is 2. The highest BCUT2D eigenvalue weighted by Crippen LogP contribution is 2.23. The summed E-state index contributed by atoms with van der Waals surface area (Å²) < 4.78 is 5.11. The molecule has 6 atom stereocenters. The number of carbonyl (C=O) groups is 5. The maximum absolute atomic E-state index is 14.5. The lowest BCUT2D eigenvalue weighted by Crippen LogP contribution is -2.60. The summed E-state index contributed by atoms with van der Waals surface area (Å²) in [5, 5.41) is 5.75. The van der Waals surface area contributed by atoms with Gasteiger partial charge in [0.05, 0.1) is 7.11 Å². The van der Waals surface area contributed by atoms with Crippen molar-refractivity contribution < 1.29 is 28.7 Å². The van der Waals surface area contributed by atoms with Crippen LogP contribution in [0.1, 0.15) is 56.7 Å². The molecular weight excluding hydrogens is 620 g/mol. The van der Waals surface area contributed by atoms with Crippen molar-refractivity contribution in [2.24, 2.45) is 5.92 Å². The van der Waals surface area contributed by atoms with Gasteiger partial charge in [-0.3, -0.25) is 19.2 Å². The van der Waals surface area contributed by atoms with Crippen LogP contribution in [0.3, 0.4) is 0 Å². The molecule has 49 heavy (non-hydrogen) atoms. The van der Waals surface area contributed by atoms with E-state index < -0.39 is 53.8 Å². The van der Waals surface area contributed by atoms with Crippen LogP contribution in [0.2, 0.25) is 0 Å². The predicted molar refractivity (Wildman–Crippen MR) is 189 cm³/mol. The van der Waals surface area contributed by atoms with Crippen molar-refractivity contribution in [1.29, 1.82) is 0 Å². The highest BCUT2D eigenvalue weighted by Gasteiger charge is 2.39. The fourth-order valence-electron chi connectivity index (χ4n) is 5.84. The summed E-state index contributed by atoms with van der Waals surface area (Å²) in [4.78, 5) is 70.7. The Morgan fingerprint density at radius 3 is 1.59 bits per heavy atom. The molecule has 2 N–H and O–H groups in total. The third-order valence-electron chi connectivity index (χ3n) is 9.18. The van der Waals surface area contributed by atoms with Gasteiger partial charge in [-0.1, -0.05) is 118 Å². The molecule has 3 aromatic rings. The molecule has 0 spiro atoms. The van der Waals surface area contributed by atoms with Gasteiger partial charge < -0.3 is 25.2 Å². The molecule has 0 aliphatic heterocycles. The highest BCUT2D eigenvalue weighted by molar-refractivity contribution is 5.95. The lowest BCUT2D eigenvalue weighted by atomic mass is 9.91. The Morgan fingerprint density at radius 2 is 1.12 bits per heavy atom. The number of benzene rings is 3. The van der Waals surface area contributed by atoms with E-state index in [0.717, 1.165) is 16.7 Å². The number of rotatable bonds is 16. The number of amides is 4. The van der Waals surface area contributed by atoms with Crippen LogP contribution < -0.4 is 10.6 Å². The van der Waals surface area contributed by atoms with Crippen LogP contribution in [0.25, 0.3) is 0 Å². The van der Waals surface area contributed by atoms with Crippen molar-refractivity contribution in [2.45, 2.75) is 77.0 Å². The van der Waals surface area contributed by atoms with Gasteiger partial charge in [0, 0.05) is 39.8 Å². The smallest absolute Gasteiger partial charge is 0.328 e. The average molecular weight is 671 g/mol. The van der Waals surface area contributed by atoms with Crippen LogP contribution in [-0.4, -0.2) is 84.8 Å². The van der Waals surface area contributed by atoms with E-state index in [1.807, 2.05) is 112 Å². The Hall–Kier alpha value is -4.99. The lowest BCUT2D eigenvalue weighted by molar-refractivity contribution is -0.153. The summed E-state index contributed by atoms with van der Waals surface area (Å²) >= 11 is 0. The second-order valence-corrected chi connectivity index (χ2v) is 12.6. The number of nitrogens with one attached hydrogen (secondary N) is 2. The fourth-order valence-corrected chi connectivity index (χ4v) is 5.84. The van der Waals surface area contributed by atoms with Crippen molar-refractivity contribution in [3.63, 3.8) is 0 Å². The minimum absolute atomic E-state index is 0.164. The fraction of sp³-hybridized carbons (Fsp3) is 0.410. The molecule has 0 saturated carbocycles. The zero-order valence-electron chi connectivity index (χ0n) is 29.6. The SMILES string of the molecule is CC[C@H](C)[C@H](NC(C)=O)C(=O)N(C)[C@@H](Cc1ccccc1)C(=O)N[C@H](C(=O)N(C)[C@@H](Cc1ccccc1)C(=O)OC)[C@@H](C)c1ccccc1. The van der Waals surface area contributed by atoms with Gasteiger partial charge in [0.15, 0.2) is 0 Å². The standard InChI is InChI=1S/C39H50N4O6/c1-8-26(2)34(40-28(4)44)37(46)42(5)32(24-29-18-12-9-13-19-29)36(45)41-35(27(3)31-22-16-11-17-23-31)38(47)43(6)33(39(48)49-7)25-30-20-14-10-15-21-30/h9-23,26-27,32-35H,8,24-25H2,1-7H3,(H,40,44)(H,41,45)/t26-,27-,32-,33-,34-,35-/m0/s1. The Morgan fingerprint density at radius 1 is 0.673 bits per heavy atom. The molecule has 3 aromatic carbocycles. The summed E-state index contributed by atoms with van der Waals surface area (Å²) in [6.07, 6.45) is 1.00. The van der Waals surface area contributed by atoms with Gasteiger partial charge >= 0.3 is 5.97 Å². The quantitative estimate of drug-likeness (QED) is 0.221. The topological polar surface area (TPSA) is 125 Å². The first-order chi connectivity index (χ1) is 23.4. The number of likely N-dealkylation sites (N-methyl/N-ethyl adjacent to an activating group) is 2. The van der Waals surface area contributed by atoms with E-state index in [2.05, 4.69) is 10.6 Å². The van der Waals surface area contributed by atoms with Gasteiger partial charge in [-0.05, 0) is 22.6 Å². The maximum atomic E-state index is 14.5. The van der Waals surface area contributed by atoms with Crippen molar-refractivity contribution >= 4 is 29.6 Å². The molecule has 262 valence electrons. The molecule has 10 nitrogen and oxygen atoms in total. The van der Waals surface area contributed by atoms with E-state index in [4.69, 9.17) is 4.74 Å². The number of esters is 1. The van der Waals surface area contributed by atoms with Crippen molar-refractivity contribution in [3.05, 3.63) is 108 Å². The molecule has 0 aliphatic carbocycles. The third kappa shape index (κ3) is 10.5. The maximum Gasteiger partial charge on any atom is 0.328 e. The molecule has 0 unspecified atom stereocenters. The van der Waals surface area contributed by atoms with E-state index in [-0.39, 0.29) is 24.7 Å². The normalized spacial score (nSPS) is 14.6. The summed E-state index contributed by atoms with van der Waals surface area (Å²) in [6, 6.07) is 24.0. The second-order valence-electron chi connectivity index (χ2n) is 12.6. The van der Waals surface area contributed by atoms with Crippen molar-refractivity contribution in [3.8, 4) is 0 Å². The van der Waals surface area contributed by atoms with E-state index in [1.165, 1.54) is 30.9 Å². The zero-order chi connectivity index (χ0) is 36.1. The molecule has 0 heterocycles. The highest BCUT2D eigenvalue weighted by atomic mass is 16.5. The van der Waals surface area contributed by atoms with E-state index in [0.29, 0.717) is 6.42 Å². The average Bonchev–Trinajstić information content (AvgIpc) is 3.13. The predicted octanol–water partition coefficient (Wildman–Crippen LogP) is 4.14. The molecule has 0 radical (unpaired) electrons. The largest absolute Gasteiger partial charge is 0.467 e. The third-order valence-corrected chi connectivity index (χ3v) is 9.18. The molecule has 0 aromatic heterocycles. The minimum atomic E-state index is -1.11. The van der Waals surface area contributed by atoms with Crippen LogP contribution in [0.5, 0.6) is 0 Å². The molecular formula is C39H50N4O6. The molecule has 10 heteroatoms. The Bertz CT molecular complexity index is 1530. The minimum Gasteiger partial charge on any atom is -0.467 e. The lowest BCUT2D eigenvalue weighted by Gasteiger charge is -2.36. The number of ether oxygens (including phenoxy) is 1. The Balaban J connectivity index is 2.04. The summed E-state index contributed by atoms with van der Waals surface area (Å²) in [5.41, 5.74) is 2.46. The van der Waals surface area contributed by atoms with Crippen molar-refractivity contribution in [1.82, 2.24) is 20.4 Å². The Labute approximate surface area is 290 Å². The monoisotopic (exact) mass is 670 g/mol. The second kappa shape index (κ2) is 18.5. The van der Waals surface area contributed by atoms with Gasteiger partial charge in [-0.2, -0.15) is 0 Å². The van der Waals surface area contributed by atoms with Crippen LogP contribution in [-0.2, 0) is 41.6 Å². The molecule has 4 amide bonds. The number of carbonyl (C=O) groups excluding carboxylic acids is 5. The molecule has 0 aliphatic rings. The number of hydrogen-bond acceptors (Lipinski definition) is 6. The molecule has 0 saturated heterocycles. The molecule has 0 fully saturated rings. The van der Waals surface area contributed by atoms with Crippen molar-refractivity contribution in [2.75, 3.05) is 21.2 Å². The first-order valence-corrected chi connectivity index (χ1v) is 16.7. The molecule has 0 bridgehead atoms. The Kier molecular flexibility index (Phi) is 14.5. The van der Waals surface area contributed by atoms with Crippen LogP contribution in [0, 0.1) is 5.92 Å². The number of methoxy groups -OCH3 is 1. The first kappa shape index (κ1) is 38.5.